The Morgan fingerprint density at radius 1 is 1.15 bits per heavy atom. The van der Waals surface area contributed by atoms with Gasteiger partial charge in [0, 0.05) is 37.9 Å². The van der Waals surface area contributed by atoms with Gasteiger partial charge < -0.3 is 20.1 Å². The maximum Gasteiger partial charge on any atom is 0.407 e. The van der Waals surface area contributed by atoms with Crippen molar-refractivity contribution in [1.29, 1.82) is 0 Å². The number of ether oxygens (including phenoxy) is 2. The van der Waals surface area contributed by atoms with Crippen molar-refractivity contribution in [2.24, 2.45) is 17.8 Å². The van der Waals surface area contributed by atoms with Gasteiger partial charge in [-0.1, -0.05) is 30.3 Å². The molecule has 0 bridgehead atoms. The van der Waals surface area contributed by atoms with E-state index in [2.05, 4.69) is 10.6 Å². The monoisotopic (exact) mass is 473 g/mol. The molecule has 186 valence electrons. The van der Waals surface area contributed by atoms with E-state index >= 15 is 0 Å². The van der Waals surface area contributed by atoms with E-state index in [1.54, 1.807) is 0 Å². The number of benzene rings is 1. The smallest absolute Gasteiger partial charge is 0.407 e. The van der Waals surface area contributed by atoms with Crippen LogP contribution in [0.1, 0.15) is 51.0 Å². The summed E-state index contributed by atoms with van der Waals surface area (Å²) in [5.74, 6) is 0.474. The summed E-state index contributed by atoms with van der Waals surface area (Å²) in [7, 11) is 0. The number of hydrogen-bond donors (Lipinski definition) is 2. The fourth-order valence-electron chi connectivity index (χ4n) is 5.34. The number of nitrogens with zero attached hydrogens (tertiary/aromatic N) is 1. The predicted octanol–water partition coefficient (Wildman–Crippen LogP) is 2.75. The molecule has 3 aliphatic rings. The van der Waals surface area contributed by atoms with Crippen LogP contribution in [0, 0.1) is 17.8 Å². The molecule has 1 saturated carbocycles. The number of hydroxylamine groups is 2. The maximum absolute atomic E-state index is 12.8. The van der Waals surface area contributed by atoms with Gasteiger partial charge in [0.25, 0.3) is 0 Å². The van der Waals surface area contributed by atoms with Crippen LogP contribution in [0.25, 0.3) is 0 Å². The van der Waals surface area contributed by atoms with Crippen LogP contribution in [0.2, 0.25) is 0 Å². The average molecular weight is 474 g/mol. The van der Waals surface area contributed by atoms with E-state index in [4.69, 9.17) is 14.3 Å². The topological polar surface area (TPSA) is 109 Å². The number of esters is 1. The number of alkyl carbamates (subject to hydrolysis) is 1. The molecule has 1 spiro atoms. The molecule has 2 saturated heterocycles. The zero-order valence-corrected chi connectivity index (χ0v) is 19.8. The van der Waals surface area contributed by atoms with Crippen LogP contribution in [0.3, 0.4) is 0 Å². The zero-order valence-electron chi connectivity index (χ0n) is 19.8. The van der Waals surface area contributed by atoms with Crippen molar-refractivity contribution in [1.82, 2.24) is 15.7 Å². The highest BCUT2D eigenvalue weighted by molar-refractivity contribution is 5.78. The number of carbonyl (C=O) groups is 3. The lowest BCUT2D eigenvalue weighted by atomic mass is 9.72. The van der Waals surface area contributed by atoms with Crippen LogP contribution in [-0.2, 0) is 30.5 Å². The zero-order chi connectivity index (χ0) is 24.0. The third-order valence-corrected chi connectivity index (χ3v) is 7.13. The number of carbonyl (C=O) groups excluding carboxylic acids is 3. The molecular weight excluding hydrogens is 438 g/mol. The van der Waals surface area contributed by atoms with E-state index in [1.165, 1.54) is 0 Å². The second kappa shape index (κ2) is 11.2. The summed E-state index contributed by atoms with van der Waals surface area (Å²) in [5.41, 5.74) is 0.726. The van der Waals surface area contributed by atoms with E-state index in [0.717, 1.165) is 37.8 Å². The first-order valence-electron chi connectivity index (χ1n) is 12.4. The Kier molecular flexibility index (Phi) is 8.05. The number of amides is 2. The number of nitrogens with one attached hydrogen (secondary N) is 2. The van der Waals surface area contributed by atoms with E-state index in [9.17, 15) is 14.4 Å². The van der Waals surface area contributed by atoms with Crippen LogP contribution >= 0.6 is 0 Å². The highest BCUT2D eigenvalue weighted by Gasteiger charge is 2.69. The van der Waals surface area contributed by atoms with Crippen molar-refractivity contribution in [2.45, 2.75) is 57.8 Å². The highest BCUT2D eigenvalue weighted by Crippen LogP contribution is 2.60. The van der Waals surface area contributed by atoms with Gasteiger partial charge >= 0.3 is 12.1 Å². The lowest BCUT2D eigenvalue weighted by molar-refractivity contribution is -0.143. The van der Waals surface area contributed by atoms with Gasteiger partial charge in [-0.3, -0.25) is 14.4 Å². The molecule has 4 rings (SSSR count). The van der Waals surface area contributed by atoms with Gasteiger partial charge in [-0.15, -0.1) is 0 Å². The number of hydrogen-bond acceptors (Lipinski definition) is 7. The third kappa shape index (κ3) is 5.88. The molecule has 1 aromatic carbocycles. The molecule has 3 fully saturated rings. The lowest BCUT2D eigenvalue weighted by Gasteiger charge is -2.33. The van der Waals surface area contributed by atoms with E-state index < -0.39 is 6.09 Å². The van der Waals surface area contributed by atoms with Crippen LogP contribution < -0.4 is 10.6 Å². The van der Waals surface area contributed by atoms with Crippen molar-refractivity contribution >= 4 is 18.0 Å². The average Bonchev–Trinajstić information content (AvgIpc) is 3.44. The van der Waals surface area contributed by atoms with E-state index in [0.29, 0.717) is 38.5 Å². The van der Waals surface area contributed by atoms with Crippen LogP contribution in [0.5, 0.6) is 0 Å². The van der Waals surface area contributed by atoms with Crippen LogP contribution in [-0.4, -0.2) is 55.0 Å². The predicted molar refractivity (Wildman–Crippen MR) is 123 cm³/mol. The molecule has 9 heteroatoms. The molecule has 5 atom stereocenters. The summed E-state index contributed by atoms with van der Waals surface area (Å²) in [6, 6.07) is 9.51. The summed E-state index contributed by atoms with van der Waals surface area (Å²) in [5, 5.41) is 7.77. The van der Waals surface area contributed by atoms with E-state index in [-0.39, 0.29) is 36.0 Å². The molecule has 34 heavy (non-hydrogen) atoms. The maximum atomic E-state index is 12.8. The van der Waals surface area contributed by atoms with Crippen molar-refractivity contribution in [3.63, 3.8) is 0 Å². The summed E-state index contributed by atoms with van der Waals surface area (Å²) in [6.07, 6.45) is 3.78. The molecular formula is C25H35N3O6. The first kappa shape index (κ1) is 24.5. The minimum Gasteiger partial charge on any atom is -0.466 e. The molecule has 2 N–H and O–H groups in total. The quantitative estimate of drug-likeness (QED) is 0.289. The van der Waals surface area contributed by atoms with Crippen molar-refractivity contribution in [3.05, 3.63) is 35.9 Å². The summed E-state index contributed by atoms with van der Waals surface area (Å²) >= 11 is 0. The summed E-state index contributed by atoms with van der Waals surface area (Å²) in [6.45, 7) is 4.20. The normalized spacial score (nSPS) is 28.9. The second-order valence-corrected chi connectivity index (χ2v) is 9.31. The Balaban J connectivity index is 1.12. The van der Waals surface area contributed by atoms with Crippen molar-refractivity contribution < 1.29 is 28.7 Å². The largest absolute Gasteiger partial charge is 0.466 e. The standard InChI is InChI=1S/C25H35N3O6/c1-2-32-22(29)10-9-20-16-28-25(34-28)12-11-19(15-21(20)25)23(30)26-13-6-14-27-24(31)33-17-18-7-4-3-5-8-18/h3-5,7-8,19-21H,2,6,9-17H2,1H3,(H,26,30)(H,27,31). The molecule has 0 radical (unpaired) electrons. The molecule has 2 aliphatic heterocycles. The Bertz CT molecular complexity index is 865. The van der Waals surface area contributed by atoms with Gasteiger partial charge in [-0.25, -0.2) is 4.79 Å². The molecule has 5 unspecified atom stereocenters. The third-order valence-electron chi connectivity index (χ3n) is 7.13. The summed E-state index contributed by atoms with van der Waals surface area (Å²) < 4.78 is 10.2. The van der Waals surface area contributed by atoms with Gasteiger partial charge in [0.1, 0.15) is 6.61 Å². The van der Waals surface area contributed by atoms with E-state index in [1.807, 2.05) is 42.3 Å². The molecule has 2 amide bonds. The van der Waals surface area contributed by atoms with Crippen LogP contribution in [0.4, 0.5) is 4.79 Å². The second-order valence-electron chi connectivity index (χ2n) is 9.31. The molecule has 0 aromatic heterocycles. The fraction of sp³-hybridized carbons (Fsp3) is 0.640. The number of rotatable bonds is 11. The molecule has 1 aromatic rings. The molecule has 1 aliphatic carbocycles. The Morgan fingerprint density at radius 3 is 2.74 bits per heavy atom. The van der Waals surface area contributed by atoms with Crippen molar-refractivity contribution in [3.8, 4) is 0 Å². The molecule has 2 heterocycles. The fourth-order valence-corrected chi connectivity index (χ4v) is 5.34. The van der Waals surface area contributed by atoms with Gasteiger partial charge in [0.2, 0.25) is 5.91 Å². The lowest BCUT2D eigenvalue weighted by Crippen LogP contribution is -2.41. The Morgan fingerprint density at radius 2 is 1.94 bits per heavy atom. The van der Waals surface area contributed by atoms with Gasteiger partial charge in [-0.2, -0.15) is 5.06 Å². The summed E-state index contributed by atoms with van der Waals surface area (Å²) in [4.78, 5) is 42.2. The minimum atomic E-state index is -0.461. The van der Waals surface area contributed by atoms with Crippen molar-refractivity contribution in [2.75, 3.05) is 26.2 Å². The molecule has 9 nitrogen and oxygen atoms in total. The van der Waals surface area contributed by atoms with Gasteiger partial charge in [0.15, 0.2) is 5.72 Å². The first-order valence-corrected chi connectivity index (χ1v) is 12.4. The Hall–Kier alpha value is -2.65. The van der Waals surface area contributed by atoms with Gasteiger partial charge in [-0.05, 0) is 50.5 Å². The minimum absolute atomic E-state index is 0.0475. The van der Waals surface area contributed by atoms with Crippen LogP contribution in [0.15, 0.2) is 30.3 Å². The highest BCUT2D eigenvalue weighted by atomic mass is 16.9. The Labute approximate surface area is 200 Å². The SMILES string of the molecule is CCOC(=O)CCC1CN2OC23CCC(C(=O)NCCCNC(=O)OCc2ccccc2)CC13. The van der Waals surface area contributed by atoms with Gasteiger partial charge in [0.05, 0.1) is 6.61 Å². The first-order chi connectivity index (χ1) is 16.5.